The molecule has 5 heteroatoms. The van der Waals surface area contributed by atoms with Gasteiger partial charge in [0.2, 0.25) is 0 Å². The van der Waals surface area contributed by atoms with Gasteiger partial charge in [-0.05, 0) is 25.0 Å². The Hall–Kier alpha value is -1.57. The largest absolute Gasteiger partial charge is 0.418 e. The van der Waals surface area contributed by atoms with E-state index in [4.69, 9.17) is 5.26 Å². The number of nitriles is 1. The molecule has 2 nitrogen and oxygen atoms in total. The van der Waals surface area contributed by atoms with Crippen molar-refractivity contribution in [3.8, 4) is 6.07 Å². The minimum Gasteiger partial charge on any atom is -0.259 e. The van der Waals surface area contributed by atoms with E-state index in [-0.39, 0.29) is 5.69 Å². The van der Waals surface area contributed by atoms with E-state index in [0.717, 1.165) is 6.07 Å². The van der Waals surface area contributed by atoms with Crippen molar-refractivity contribution in [3.05, 3.63) is 29.6 Å². The van der Waals surface area contributed by atoms with Gasteiger partial charge in [0.15, 0.2) is 0 Å². The summed E-state index contributed by atoms with van der Waals surface area (Å²) in [6, 6.07) is 4.13. The maximum Gasteiger partial charge on any atom is 0.418 e. The van der Waals surface area contributed by atoms with Crippen molar-refractivity contribution in [2.24, 2.45) is 0 Å². The normalized spacial score (nSPS) is 18.3. The maximum absolute atomic E-state index is 12.6. The highest BCUT2D eigenvalue weighted by Gasteiger charge is 2.51. The molecule has 0 aromatic carbocycles. The number of alkyl halides is 3. The molecule has 0 atom stereocenters. The first-order valence-electron chi connectivity index (χ1n) is 4.43. The molecule has 0 bridgehead atoms. The summed E-state index contributed by atoms with van der Waals surface area (Å²) in [6.45, 7) is 0. The summed E-state index contributed by atoms with van der Waals surface area (Å²) in [5.41, 5.74) is -1.91. The van der Waals surface area contributed by atoms with E-state index in [0.29, 0.717) is 12.8 Å². The van der Waals surface area contributed by atoms with Crippen molar-refractivity contribution >= 4 is 0 Å². The average molecular weight is 212 g/mol. The second-order valence-corrected chi connectivity index (χ2v) is 3.59. The molecule has 1 aliphatic rings. The molecular formula is C10H7F3N2. The van der Waals surface area contributed by atoms with Crippen molar-refractivity contribution in [1.29, 1.82) is 5.26 Å². The highest BCUT2D eigenvalue weighted by atomic mass is 19.4. The summed E-state index contributed by atoms with van der Waals surface area (Å²) in [6.07, 6.45) is -2.22. The molecule has 1 aromatic rings. The number of halogens is 3. The summed E-state index contributed by atoms with van der Waals surface area (Å²) < 4.78 is 37.8. The molecule has 0 saturated heterocycles. The molecule has 15 heavy (non-hydrogen) atoms. The molecular weight excluding hydrogens is 205 g/mol. The molecule has 1 fully saturated rings. The standard InChI is InChI=1S/C10H7F3N2/c11-10(12,13)7-2-1-5-15-8(7)9(6-14)3-4-9/h1-2,5H,3-4H2. The Kier molecular flexibility index (Phi) is 1.97. The van der Waals surface area contributed by atoms with Crippen LogP contribution in [0.25, 0.3) is 0 Å². The fourth-order valence-electron chi connectivity index (χ4n) is 1.54. The van der Waals surface area contributed by atoms with Crippen LogP contribution in [-0.4, -0.2) is 4.98 Å². The molecule has 0 radical (unpaired) electrons. The first kappa shape index (κ1) is 9.97. The van der Waals surface area contributed by atoms with Crippen LogP contribution in [0.2, 0.25) is 0 Å². The molecule has 0 amide bonds. The predicted octanol–water partition coefficient (Wildman–Crippen LogP) is 2.66. The van der Waals surface area contributed by atoms with Crippen LogP contribution in [0.5, 0.6) is 0 Å². The Morgan fingerprint density at radius 1 is 1.40 bits per heavy atom. The Bertz CT molecular complexity index is 427. The predicted molar refractivity (Wildman–Crippen MR) is 45.8 cm³/mol. The van der Waals surface area contributed by atoms with Gasteiger partial charge >= 0.3 is 6.18 Å². The van der Waals surface area contributed by atoms with Gasteiger partial charge in [0.05, 0.1) is 17.3 Å². The van der Waals surface area contributed by atoms with Crippen LogP contribution < -0.4 is 0 Å². The lowest BCUT2D eigenvalue weighted by Crippen LogP contribution is -2.16. The van der Waals surface area contributed by atoms with E-state index in [1.807, 2.05) is 6.07 Å². The van der Waals surface area contributed by atoms with Crippen LogP contribution in [-0.2, 0) is 11.6 Å². The Morgan fingerprint density at radius 2 is 2.07 bits per heavy atom. The third-order valence-electron chi connectivity index (χ3n) is 2.53. The summed E-state index contributed by atoms with van der Waals surface area (Å²) in [5, 5.41) is 8.84. The molecule has 0 unspecified atom stereocenters. The monoisotopic (exact) mass is 212 g/mol. The van der Waals surface area contributed by atoms with E-state index in [1.54, 1.807) is 0 Å². The first-order chi connectivity index (χ1) is 6.99. The number of pyridine rings is 1. The molecule has 1 aromatic heterocycles. The fourth-order valence-corrected chi connectivity index (χ4v) is 1.54. The number of aromatic nitrogens is 1. The van der Waals surface area contributed by atoms with Gasteiger partial charge < -0.3 is 0 Å². The van der Waals surface area contributed by atoms with Crippen LogP contribution in [0.3, 0.4) is 0 Å². The zero-order chi connectivity index (χ0) is 11.1. The van der Waals surface area contributed by atoms with Gasteiger partial charge in [0.25, 0.3) is 0 Å². The van der Waals surface area contributed by atoms with Crippen LogP contribution >= 0.6 is 0 Å². The van der Waals surface area contributed by atoms with Crippen LogP contribution in [0.4, 0.5) is 13.2 Å². The molecule has 2 rings (SSSR count). The summed E-state index contributed by atoms with van der Waals surface area (Å²) in [4.78, 5) is 3.71. The van der Waals surface area contributed by atoms with Gasteiger partial charge in [-0.15, -0.1) is 0 Å². The molecule has 1 aliphatic carbocycles. The van der Waals surface area contributed by atoms with Gasteiger partial charge in [-0.1, -0.05) is 0 Å². The van der Waals surface area contributed by atoms with Crippen LogP contribution in [0, 0.1) is 11.3 Å². The van der Waals surface area contributed by atoms with E-state index < -0.39 is 17.2 Å². The number of hydrogen-bond acceptors (Lipinski definition) is 2. The van der Waals surface area contributed by atoms with E-state index in [2.05, 4.69) is 4.98 Å². The lowest BCUT2D eigenvalue weighted by Gasteiger charge is -2.13. The smallest absolute Gasteiger partial charge is 0.259 e. The highest BCUT2D eigenvalue weighted by Crippen LogP contribution is 2.50. The quantitative estimate of drug-likeness (QED) is 0.717. The fraction of sp³-hybridized carbons (Fsp3) is 0.400. The average Bonchev–Trinajstić information content (AvgIpc) is 2.97. The number of nitrogens with zero attached hydrogens (tertiary/aromatic N) is 2. The van der Waals surface area contributed by atoms with Gasteiger partial charge in [-0.25, -0.2) is 0 Å². The Labute approximate surface area is 84.4 Å². The van der Waals surface area contributed by atoms with Crippen molar-refractivity contribution in [2.75, 3.05) is 0 Å². The zero-order valence-electron chi connectivity index (χ0n) is 7.67. The maximum atomic E-state index is 12.6. The summed E-state index contributed by atoms with van der Waals surface area (Å²) in [5.74, 6) is 0. The lowest BCUT2D eigenvalue weighted by atomic mass is 9.98. The third-order valence-corrected chi connectivity index (χ3v) is 2.53. The van der Waals surface area contributed by atoms with Crippen LogP contribution in [0.15, 0.2) is 18.3 Å². The highest BCUT2D eigenvalue weighted by molar-refractivity contribution is 5.40. The third kappa shape index (κ3) is 1.56. The van der Waals surface area contributed by atoms with Gasteiger partial charge in [-0.3, -0.25) is 4.98 Å². The van der Waals surface area contributed by atoms with E-state index >= 15 is 0 Å². The summed E-state index contributed by atoms with van der Waals surface area (Å²) in [7, 11) is 0. The lowest BCUT2D eigenvalue weighted by molar-refractivity contribution is -0.138. The molecule has 78 valence electrons. The summed E-state index contributed by atoms with van der Waals surface area (Å²) >= 11 is 0. The second-order valence-electron chi connectivity index (χ2n) is 3.59. The van der Waals surface area contributed by atoms with E-state index in [9.17, 15) is 13.2 Å². The van der Waals surface area contributed by atoms with Crippen molar-refractivity contribution in [2.45, 2.75) is 24.4 Å². The van der Waals surface area contributed by atoms with Gasteiger partial charge in [0, 0.05) is 6.20 Å². The van der Waals surface area contributed by atoms with Crippen molar-refractivity contribution in [1.82, 2.24) is 4.98 Å². The zero-order valence-corrected chi connectivity index (χ0v) is 7.67. The SMILES string of the molecule is N#CC1(c2ncccc2C(F)(F)F)CC1. The molecule has 0 N–H and O–H groups in total. The van der Waals surface area contributed by atoms with Crippen molar-refractivity contribution in [3.63, 3.8) is 0 Å². The van der Waals surface area contributed by atoms with Gasteiger partial charge in [-0.2, -0.15) is 18.4 Å². The van der Waals surface area contributed by atoms with E-state index in [1.165, 1.54) is 12.3 Å². The molecule has 1 saturated carbocycles. The second kappa shape index (κ2) is 2.96. The van der Waals surface area contributed by atoms with Gasteiger partial charge in [0.1, 0.15) is 5.41 Å². The first-order valence-corrected chi connectivity index (χ1v) is 4.43. The van der Waals surface area contributed by atoms with Crippen molar-refractivity contribution < 1.29 is 13.2 Å². The number of hydrogen-bond donors (Lipinski definition) is 0. The number of rotatable bonds is 1. The Morgan fingerprint density at radius 3 is 2.53 bits per heavy atom. The van der Waals surface area contributed by atoms with Crippen LogP contribution in [0.1, 0.15) is 24.1 Å². The molecule has 0 spiro atoms. The Balaban J connectivity index is 2.54. The topological polar surface area (TPSA) is 36.7 Å². The minimum absolute atomic E-state index is 0.125. The molecule has 0 aliphatic heterocycles. The minimum atomic E-state index is -4.43. The molecule has 1 heterocycles.